The van der Waals surface area contributed by atoms with Crippen molar-refractivity contribution in [2.45, 2.75) is 40.5 Å². The smallest absolute Gasteiger partial charge is 0.344 e. The Bertz CT molecular complexity index is 1780. The fraction of sp³-hybridized carbons (Fsp3) is 0.250. The van der Waals surface area contributed by atoms with Gasteiger partial charge in [-0.15, -0.1) is 0 Å². The average molecular weight is 593 g/mol. The van der Waals surface area contributed by atoms with Crippen LogP contribution in [-0.2, 0) is 20.8 Å². The zero-order valence-corrected chi connectivity index (χ0v) is 24.4. The molecule has 224 valence electrons. The Kier molecular flexibility index (Phi) is 9.13. The van der Waals surface area contributed by atoms with Gasteiger partial charge in [-0.2, -0.15) is 0 Å². The number of carbonyl (C=O) groups is 3. The van der Waals surface area contributed by atoms with Crippen LogP contribution in [0.25, 0.3) is 33.2 Å². The predicted octanol–water partition coefficient (Wildman–Crippen LogP) is 6.01. The van der Waals surface area contributed by atoms with Crippen LogP contribution in [0.1, 0.15) is 39.7 Å². The van der Waals surface area contributed by atoms with E-state index in [4.69, 9.17) is 28.1 Å². The van der Waals surface area contributed by atoms with Crippen molar-refractivity contribution in [1.29, 1.82) is 0 Å². The Morgan fingerprint density at radius 3 is 1.86 bits per heavy atom. The van der Waals surface area contributed by atoms with Crippen molar-refractivity contribution in [3.8, 4) is 51.0 Å². The summed E-state index contributed by atoms with van der Waals surface area (Å²) in [6.45, 7) is 5.54. The molecule has 4 rings (SSSR count). The van der Waals surface area contributed by atoms with Crippen molar-refractivity contribution in [3.63, 3.8) is 0 Å². The highest BCUT2D eigenvalue weighted by Crippen LogP contribution is 2.45. The third kappa shape index (κ3) is 6.35. The number of aryl methyl sites for hydroxylation is 1. The molecule has 0 aliphatic rings. The number of hydrogen-bond acceptors (Lipinski definition) is 10. The second kappa shape index (κ2) is 12.8. The molecule has 0 unspecified atom stereocenters. The van der Waals surface area contributed by atoms with Crippen LogP contribution in [0.3, 0.4) is 0 Å². The lowest BCUT2D eigenvalue weighted by Gasteiger charge is -2.18. The van der Waals surface area contributed by atoms with E-state index in [1.807, 2.05) is 6.92 Å². The topological polar surface area (TPSA) is 128 Å². The molecule has 0 aliphatic heterocycles. The average Bonchev–Trinajstić information content (AvgIpc) is 2.94. The molecular formula is C32H29FO10. The summed E-state index contributed by atoms with van der Waals surface area (Å²) < 4.78 is 47.7. The van der Waals surface area contributed by atoms with Gasteiger partial charge in [-0.25, -0.2) is 9.18 Å². The lowest BCUT2D eigenvalue weighted by molar-refractivity contribution is -0.133. The molecule has 0 aliphatic carbocycles. The van der Waals surface area contributed by atoms with Crippen LogP contribution < -0.4 is 29.3 Å². The highest BCUT2D eigenvalue weighted by atomic mass is 19.1. The second-order valence-electron chi connectivity index (χ2n) is 9.44. The predicted molar refractivity (Wildman–Crippen MR) is 154 cm³/mol. The number of methoxy groups -OCH3 is 2. The molecular weight excluding hydrogens is 563 g/mol. The zero-order chi connectivity index (χ0) is 31.4. The number of ether oxygens (including phenoxy) is 5. The number of hydrogen-bond donors (Lipinski definition) is 0. The number of halogens is 1. The number of fused-ring (bicyclic) bond motifs is 1. The van der Waals surface area contributed by atoms with Crippen LogP contribution in [0.5, 0.6) is 28.7 Å². The Hall–Kier alpha value is -5.19. The van der Waals surface area contributed by atoms with E-state index in [0.29, 0.717) is 23.8 Å². The molecule has 3 aromatic carbocycles. The minimum absolute atomic E-state index is 0.000936. The fourth-order valence-electron chi connectivity index (χ4n) is 4.77. The van der Waals surface area contributed by atoms with Gasteiger partial charge in [0, 0.05) is 37.3 Å². The highest BCUT2D eigenvalue weighted by Gasteiger charge is 2.26. The van der Waals surface area contributed by atoms with Gasteiger partial charge in [0.25, 0.3) is 0 Å². The van der Waals surface area contributed by atoms with Crippen molar-refractivity contribution < 1.29 is 46.9 Å². The van der Waals surface area contributed by atoms with Gasteiger partial charge in [-0.1, -0.05) is 19.4 Å². The molecule has 0 atom stereocenters. The minimum atomic E-state index is -0.842. The Morgan fingerprint density at radius 1 is 0.744 bits per heavy atom. The van der Waals surface area contributed by atoms with Crippen LogP contribution in [0.4, 0.5) is 4.39 Å². The molecule has 0 saturated carbocycles. The number of benzene rings is 3. The van der Waals surface area contributed by atoms with E-state index < -0.39 is 29.4 Å². The Morgan fingerprint density at radius 2 is 1.33 bits per heavy atom. The fourth-order valence-corrected chi connectivity index (χ4v) is 4.77. The maximum Gasteiger partial charge on any atom is 0.344 e. The van der Waals surface area contributed by atoms with Gasteiger partial charge in [0.1, 0.15) is 11.3 Å². The Balaban J connectivity index is 2.14. The van der Waals surface area contributed by atoms with E-state index >= 15 is 4.39 Å². The summed E-state index contributed by atoms with van der Waals surface area (Å²) in [4.78, 5) is 48.9. The van der Waals surface area contributed by atoms with Crippen molar-refractivity contribution in [2.75, 3.05) is 14.2 Å². The molecule has 0 fully saturated rings. The van der Waals surface area contributed by atoms with Crippen LogP contribution in [0.15, 0.2) is 51.7 Å². The molecule has 11 heteroatoms. The summed E-state index contributed by atoms with van der Waals surface area (Å²) >= 11 is 0. The normalized spacial score (nSPS) is 10.8. The van der Waals surface area contributed by atoms with Gasteiger partial charge in [-0.05, 0) is 53.9 Å². The van der Waals surface area contributed by atoms with E-state index in [2.05, 4.69) is 0 Å². The maximum atomic E-state index is 15.2. The summed E-state index contributed by atoms with van der Waals surface area (Å²) in [6.07, 6.45) is 1.03. The molecule has 0 spiro atoms. The van der Waals surface area contributed by atoms with Gasteiger partial charge in [0.05, 0.1) is 19.8 Å². The van der Waals surface area contributed by atoms with E-state index in [0.717, 1.165) is 13.0 Å². The molecule has 10 nitrogen and oxygen atoms in total. The number of rotatable bonds is 9. The van der Waals surface area contributed by atoms with E-state index in [9.17, 15) is 19.2 Å². The summed E-state index contributed by atoms with van der Waals surface area (Å²) in [6, 6.07) is 10.0. The second-order valence-corrected chi connectivity index (χ2v) is 9.44. The van der Waals surface area contributed by atoms with Gasteiger partial charge in [-0.3, -0.25) is 14.4 Å². The molecule has 1 aromatic heterocycles. The standard InChI is InChI=1S/C32H29FO10/c1-7-8-21-24(40-16(2)34)12-10-22-28(19-9-11-25(23(33)13-19)41-17(3)35)29(32(37)43-30(21)22)20-14-26(38-5)31(42-18(4)36)27(15-20)39-6/h9-15H,7-8H2,1-6H3. The number of carbonyl (C=O) groups excluding carboxylic acids is 3. The first-order valence-electron chi connectivity index (χ1n) is 13.2. The van der Waals surface area contributed by atoms with Crippen molar-refractivity contribution >= 4 is 28.9 Å². The lowest BCUT2D eigenvalue weighted by atomic mass is 9.91. The Labute approximate surface area is 245 Å². The van der Waals surface area contributed by atoms with Crippen LogP contribution >= 0.6 is 0 Å². The van der Waals surface area contributed by atoms with Crippen LogP contribution in [0.2, 0.25) is 0 Å². The highest BCUT2D eigenvalue weighted by molar-refractivity contribution is 6.03. The first kappa shape index (κ1) is 30.8. The zero-order valence-electron chi connectivity index (χ0n) is 24.4. The molecule has 0 radical (unpaired) electrons. The third-order valence-corrected chi connectivity index (χ3v) is 6.36. The quantitative estimate of drug-likeness (QED) is 0.129. The van der Waals surface area contributed by atoms with Crippen molar-refractivity contribution in [3.05, 3.63) is 64.3 Å². The first-order valence-corrected chi connectivity index (χ1v) is 13.2. The molecule has 1 heterocycles. The van der Waals surface area contributed by atoms with Gasteiger partial charge < -0.3 is 28.1 Å². The molecule has 0 N–H and O–H groups in total. The van der Waals surface area contributed by atoms with Gasteiger partial charge >= 0.3 is 23.5 Å². The maximum absolute atomic E-state index is 15.2. The largest absolute Gasteiger partial charge is 0.493 e. The van der Waals surface area contributed by atoms with Gasteiger partial charge in [0.2, 0.25) is 5.75 Å². The van der Waals surface area contributed by atoms with Crippen LogP contribution in [0, 0.1) is 5.82 Å². The summed E-state index contributed by atoms with van der Waals surface area (Å²) in [7, 11) is 2.71. The van der Waals surface area contributed by atoms with Crippen LogP contribution in [-0.4, -0.2) is 32.1 Å². The molecule has 43 heavy (non-hydrogen) atoms. The van der Waals surface area contributed by atoms with E-state index in [1.54, 1.807) is 12.1 Å². The van der Waals surface area contributed by atoms with Gasteiger partial charge in [0.15, 0.2) is 23.1 Å². The number of esters is 3. The minimum Gasteiger partial charge on any atom is -0.493 e. The van der Waals surface area contributed by atoms with Crippen molar-refractivity contribution in [2.24, 2.45) is 0 Å². The molecule has 0 bridgehead atoms. The van der Waals surface area contributed by atoms with E-state index in [-0.39, 0.29) is 56.6 Å². The summed E-state index contributed by atoms with van der Waals surface area (Å²) in [5.74, 6) is -2.60. The monoisotopic (exact) mass is 592 g/mol. The van der Waals surface area contributed by atoms with Crippen molar-refractivity contribution in [1.82, 2.24) is 0 Å². The first-order chi connectivity index (χ1) is 20.5. The SMILES string of the molecule is CCCc1c(OC(C)=O)ccc2c(-c3ccc(OC(C)=O)c(F)c3)c(-c3cc(OC)c(OC(C)=O)c(OC)c3)c(=O)oc12. The third-order valence-electron chi connectivity index (χ3n) is 6.36. The molecule has 0 amide bonds. The molecule has 4 aromatic rings. The van der Waals surface area contributed by atoms with E-state index in [1.165, 1.54) is 52.3 Å². The lowest BCUT2D eigenvalue weighted by Crippen LogP contribution is -2.10. The summed E-state index contributed by atoms with van der Waals surface area (Å²) in [5.41, 5.74) is 0.638. The summed E-state index contributed by atoms with van der Waals surface area (Å²) in [5, 5.41) is 0.413. The molecule has 0 saturated heterocycles.